The molecule has 0 saturated carbocycles. The molecule has 0 aliphatic heterocycles. The number of hydrogen-bond donors (Lipinski definition) is 1. The third-order valence-corrected chi connectivity index (χ3v) is 3.14. The fourth-order valence-electron chi connectivity index (χ4n) is 1.97. The summed E-state index contributed by atoms with van der Waals surface area (Å²) in [6.45, 7) is 8.52. The minimum Gasteiger partial charge on any atom is -0.382 e. The van der Waals surface area contributed by atoms with Crippen LogP contribution in [0.25, 0.3) is 0 Å². The van der Waals surface area contributed by atoms with Crippen molar-refractivity contribution >= 4 is 0 Å². The van der Waals surface area contributed by atoms with E-state index in [2.05, 4.69) is 37.4 Å². The lowest BCUT2D eigenvalue weighted by Crippen LogP contribution is -2.16. The molecule has 108 valence electrons. The van der Waals surface area contributed by atoms with Crippen molar-refractivity contribution in [3.63, 3.8) is 0 Å². The van der Waals surface area contributed by atoms with Gasteiger partial charge < -0.3 is 14.8 Å². The van der Waals surface area contributed by atoms with Crippen molar-refractivity contribution in [2.45, 2.75) is 33.2 Å². The largest absolute Gasteiger partial charge is 0.382 e. The van der Waals surface area contributed by atoms with Gasteiger partial charge in [0, 0.05) is 20.3 Å². The van der Waals surface area contributed by atoms with Crippen molar-refractivity contribution in [3.05, 3.63) is 34.9 Å². The van der Waals surface area contributed by atoms with Crippen molar-refractivity contribution in [1.29, 1.82) is 0 Å². The zero-order valence-electron chi connectivity index (χ0n) is 12.5. The predicted molar refractivity (Wildman–Crippen MR) is 79.6 cm³/mol. The van der Waals surface area contributed by atoms with Crippen LogP contribution in [0.15, 0.2) is 18.2 Å². The van der Waals surface area contributed by atoms with Gasteiger partial charge in [0.1, 0.15) is 0 Å². The number of benzene rings is 1. The number of aryl methyl sites for hydroxylation is 2. The average molecular weight is 265 g/mol. The summed E-state index contributed by atoms with van der Waals surface area (Å²) < 4.78 is 10.3. The van der Waals surface area contributed by atoms with Crippen molar-refractivity contribution in [2.75, 3.05) is 33.5 Å². The van der Waals surface area contributed by atoms with E-state index in [0.717, 1.165) is 32.5 Å². The van der Waals surface area contributed by atoms with Crippen LogP contribution in [-0.2, 0) is 16.0 Å². The van der Waals surface area contributed by atoms with E-state index in [9.17, 15) is 0 Å². The third-order valence-electron chi connectivity index (χ3n) is 3.14. The van der Waals surface area contributed by atoms with Crippen molar-refractivity contribution < 1.29 is 9.47 Å². The van der Waals surface area contributed by atoms with E-state index in [4.69, 9.17) is 9.47 Å². The molecule has 0 amide bonds. The Balaban J connectivity index is 2.01. The van der Waals surface area contributed by atoms with Crippen LogP contribution >= 0.6 is 0 Å². The summed E-state index contributed by atoms with van der Waals surface area (Å²) in [6, 6.07) is 6.62. The standard InChI is InChI=1S/C16H27NO2/c1-14-6-7-16(15(2)12-14)13-17-8-4-5-9-19-11-10-18-3/h6-7,12,17H,4-5,8-11,13H2,1-3H3. The summed E-state index contributed by atoms with van der Waals surface area (Å²) >= 11 is 0. The first-order valence-corrected chi connectivity index (χ1v) is 7.07. The molecule has 1 rings (SSSR count). The second-order valence-corrected chi connectivity index (χ2v) is 4.92. The van der Waals surface area contributed by atoms with Crippen LogP contribution in [0.4, 0.5) is 0 Å². The molecule has 0 bridgehead atoms. The van der Waals surface area contributed by atoms with Gasteiger partial charge in [-0.15, -0.1) is 0 Å². The maximum absolute atomic E-state index is 5.42. The summed E-state index contributed by atoms with van der Waals surface area (Å²) in [5, 5.41) is 3.48. The van der Waals surface area contributed by atoms with Crippen molar-refractivity contribution in [1.82, 2.24) is 5.32 Å². The lowest BCUT2D eigenvalue weighted by molar-refractivity contribution is 0.0688. The van der Waals surface area contributed by atoms with Crippen LogP contribution in [0.1, 0.15) is 29.5 Å². The van der Waals surface area contributed by atoms with Gasteiger partial charge in [0.05, 0.1) is 13.2 Å². The summed E-state index contributed by atoms with van der Waals surface area (Å²) in [6.07, 6.45) is 2.25. The average Bonchev–Trinajstić information content (AvgIpc) is 2.39. The maximum Gasteiger partial charge on any atom is 0.0700 e. The number of ether oxygens (including phenoxy) is 2. The number of hydrogen-bond acceptors (Lipinski definition) is 3. The van der Waals surface area contributed by atoms with E-state index in [1.54, 1.807) is 7.11 Å². The van der Waals surface area contributed by atoms with E-state index >= 15 is 0 Å². The molecule has 0 aliphatic carbocycles. The summed E-state index contributed by atoms with van der Waals surface area (Å²) in [5.74, 6) is 0. The van der Waals surface area contributed by atoms with Gasteiger partial charge in [-0.2, -0.15) is 0 Å². The second-order valence-electron chi connectivity index (χ2n) is 4.92. The van der Waals surface area contributed by atoms with E-state index in [0.29, 0.717) is 13.2 Å². The zero-order valence-corrected chi connectivity index (χ0v) is 12.5. The molecule has 1 aromatic rings. The van der Waals surface area contributed by atoms with Gasteiger partial charge in [-0.3, -0.25) is 0 Å². The molecule has 19 heavy (non-hydrogen) atoms. The molecule has 1 aromatic carbocycles. The molecule has 0 unspecified atom stereocenters. The molecule has 3 nitrogen and oxygen atoms in total. The zero-order chi connectivity index (χ0) is 13.9. The van der Waals surface area contributed by atoms with Crippen molar-refractivity contribution in [2.24, 2.45) is 0 Å². The number of nitrogens with one attached hydrogen (secondary N) is 1. The summed E-state index contributed by atoms with van der Waals surface area (Å²) in [4.78, 5) is 0. The number of rotatable bonds is 10. The Bertz CT molecular complexity index is 353. The Morgan fingerprint density at radius 1 is 1.05 bits per heavy atom. The van der Waals surface area contributed by atoms with Crippen LogP contribution in [-0.4, -0.2) is 33.5 Å². The van der Waals surface area contributed by atoms with Gasteiger partial charge >= 0.3 is 0 Å². The predicted octanol–water partition coefficient (Wildman–Crippen LogP) is 2.84. The smallest absolute Gasteiger partial charge is 0.0700 e. The molecular formula is C16H27NO2. The number of methoxy groups -OCH3 is 1. The van der Waals surface area contributed by atoms with Crippen LogP contribution in [0, 0.1) is 13.8 Å². The molecule has 0 fully saturated rings. The monoisotopic (exact) mass is 265 g/mol. The lowest BCUT2D eigenvalue weighted by atomic mass is 10.1. The van der Waals surface area contributed by atoms with Crippen molar-refractivity contribution in [3.8, 4) is 0 Å². The highest BCUT2D eigenvalue weighted by molar-refractivity contribution is 5.30. The van der Waals surface area contributed by atoms with Gasteiger partial charge in [-0.1, -0.05) is 23.8 Å². The molecule has 0 aliphatic rings. The molecule has 0 saturated heterocycles. The highest BCUT2D eigenvalue weighted by atomic mass is 16.5. The second kappa shape index (κ2) is 9.96. The topological polar surface area (TPSA) is 30.5 Å². The van der Waals surface area contributed by atoms with E-state index in [1.807, 2.05) is 0 Å². The SMILES string of the molecule is COCCOCCCCNCc1ccc(C)cc1C. The Morgan fingerprint density at radius 2 is 1.89 bits per heavy atom. The molecule has 0 radical (unpaired) electrons. The summed E-state index contributed by atoms with van der Waals surface area (Å²) in [7, 11) is 1.69. The molecule has 1 N–H and O–H groups in total. The van der Waals surface area contributed by atoms with Gasteiger partial charge in [0.25, 0.3) is 0 Å². The number of unbranched alkanes of at least 4 members (excludes halogenated alkanes) is 1. The third kappa shape index (κ3) is 7.31. The lowest BCUT2D eigenvalue weighted by Gasteiger charge is -2.09. The first-order valence-electron chi connectivity index (χ1n) is 7.07. The molecule has 0 aromatic heterocycles. The molecular weight excluding hydrogens is 238 g/mol. The minimum atomic E-state index is 0.685. The van der Waals surface area contributed by atoms with Gasteiger partial charge in [-0.05, 0) is 44.4 Å². The van der Waals surface area contributed by atoms with Crippen LogP contribution in [0.2, 0.25) is 0 Å². The van der Waals surface area contributed by atoms with E-state index < -0.39 is 0 Å². The highest BCUT2D eigenvalue weighted by Crippen LogP contribution is 2.09. The first-order chi connectivity index (χ1) is 9.24. The molecule has 3 heteroatoms. The maximum atomic E-state index is 5.42. The van der Waals surface area contributed by atoms with Gasteiger partial charge in [0.15, 0.2) is 0 Å². The Kier molecular flexibility index (Phi) is 8.47. The van der Waals surface area contributed by atoms with Gasteiger partial charge in [-0.25, -0.2) is 0 Å². The van der Waals surface area contributed by atoms with E-state index in [-0.39, 0.29) is 0 Å². The normalized spacial score (nSPS) is 10.9. The van der Waals surface area contributed by atoms with Gasteiger partial charge in [0.2, 0.25) is 0 Å². The quantitative estimate of drug-likeness (QED) is 0.660. The highest BCUT2D eigenvalue weighted by Gasteiger charge is 1.98. The molecule has 0 heterocycles. The Morgan fingerprint density at radius 3 is 2.63 bits per heavy atom. The van der Waals surface area contributed by atoms with Crippen LogP contribution in [0.5, 0.6) is 0 Å². The Labute approximate surface area is 117 Å². The minimum absolute atomic E-state index is 0.685. The molecule has 0 atom stereocenters. The molecule has 0 spiro atoms. The fourth-order valence-corrected chi connectivity index (χ4v) is 1.97. The van der Waals surface area contributed by atoms with Crippen LogP contribution in [0.3, 0.4) is 0 Å². The first kappa shape index (κ1) is 16.2. The fraction of sp³-hybridized carbons (Fsp3) is 0.625. The Hall–Kier alpha value is -0.900. The van der Waals surface area contributed by atoms with E-state index in [1.165, 1.54) is 16.7 Å². The summed E-state index contributed by atoms with van der Waals surface area (Å²) in [5.41, 5.74) is 4.09. The van der Waals surface area contributed by atoms with Crippen LogP contribution < -0.4 is 5.32 Å².